The summed E-state index contributed by atoms with van der Waals surface area (Å²) in [6, 6.07) is 20.5. The van der Waals surface area contributed by atoms with Crippen molar-refractivity contribution in [2.45, 2.75) is 63.1 Å². The Morgan fingerprint density at radius 3 is 2.32 bits per heavy atom. The average Bonchev–Trinajstić information content (AvgIpc) is 3.56. The molecule has 1 aliphatic heterocycles. The van der Waals surface area contributed by atoms with Crippen LogP contribution in [0.25, 0.3) is 0 Å². The third-order valence-corrected chi connectivity index (χ3v) is 9.44. The van der Waals surface area contributed by atoms with Gasteiger partial charge >= 0.3 is 0 Å². The highest BCUT2D eigenvalue weighted by atomic mass is 32.1. The van der Waals surface area contributed by atoms with Gasteiger partial charge in [0.1, 0.15) is 29.2 Å². The van der Waals surface area contributed by atoms with E-state index in [2.05, 4.69) is 58.9 Å². The monoisotopic (exact) mass is 653 g/mol. The van der Waals surface area contributed by atoms with E-state index >= 15 is 0 Å². The number of nitrogens with zero attached hydrogens (tertiary/aromatic N) is 3. The number of ether oxygens (including phenoxy) is 2. The fraction of sp³-hybridized carbons (Fsp3) is 0.314. The first-order chi connectivity index (χ1) is 22.6. The van der Waals surface area contributed by atoms with Crippen LogP contribution in [0.4, 0.5) is 5.69 Å². The predicted molar refractivity (Wildman–Crippen MR) is 176 cm³/mol. The SMILES string of the molecule is CN(C(=O)c1cc(N[C@H]2C[C@H](Oc3ccc(C(C)(C)c4ccc(Oc5nncs5)cc4)cc3)C2)ccc1C=O)C1CCC(=O)NC1=O. The van der Waals surface area contributed by atoms with Gasteiger partial charge in [-0.1, -0.05) is 54.5 Å². The van der Waals surface area contributed by atoms with Gasteiger partial charge in [-0.3, -0.25) is 24.5 Å². The summed E-state index contributed by atoms with van der Waals surface area (Å²) in [5.74, 6) is 0.185. The topological polar surface area (TPSA) is 140 Å². The lowest BCUT2D eigenvalue weighted by Gasteiger charge is -2.36. The van der Waals surface area contributed by atoms with Crippen LogP contribution in [0.1, 0.15) is 71.4 Å². The van der Waals surface area contributed by atoms with Gasteiger partial charge in [-0.2, -0.15) is 0 Å². The molecule has 2 aliphatic rings. The number of nitrogens with one attached hydrogen (secondary N) is 2. The summed E-state index contributed by atoms with van der Waals surface area (Å²) in [6.45, 7) is 4.36. The number of imide groups is 1. The van der Waals surface area contributed by atoms with Crippen LogP contribution in [0, 0.1) is 0 Å². The van der Waals surface area contributed by atoms with E-state index in [1.165, 1.54) is 23.3 Å². The van der Waals surface area contributed by atoms with E-state index in [-0.39, 0.29) is 47.4 Å². The molecule has 2 heterocycles. The molecule has 1 saturated heterocycles. The summed E-state index contributed by atoms with van der Waals surface area (Å²) in [5, 5.41) is 13.9. The zero-order valence-electron chi connectivity index (χ0n) is 26.3. The number of benzene rings is 3. The van der Waals surface area contributed by atoms with Crippen LogP contribution in [0.3, 0.4) is 0 Å². The number of amides is 3. The van der Waals surface area contributed by atoms with Gasteiger partial charge in [0.2, 0.25) is 11.8 Å². The van der Waals surface area contributed by atoms with Gasteiger partial charge in [0, 0.05) is 49.0 Å². The number of aromatic nitrogens is 2. The number of likely N-dealkylation sites (N-methyl/N-ethyl adjacent to an activating group) is 1. The molecule has 0 radical (unpaired) electrons. The van der Waals surface area contributed by atoms with Gasteiger partial charge in [0.15, 0.2) is 6.29 Å². The number of hydrogen-bond donors (Lipinski definition) is 2. The predicted octanol–water partition coefficient (Wildman–Crippen LogP) is 5.37. The largest absolute Gasteiger partial charge is 0.490 e. The van der Waals surface area contributed by atoms with Crippen LogP contribution in [0.15, 0.2) is 72.2 Å². The molecule has 1 aliphatic carbocycles. The van der Waals surface area contributed by atoms with Crippen LogP contribution >= 0.6 is 11.3 Å². The lowest BCUT2D eigenvalue weighted by molar-refractivity contribution is -0.136. The Morgan fingerprint density at radius 1 is 1.02 bits per heavy atom. The zero-order valence-corrected chi connectivity index (χ0v) is 27.1. The summed E-state index contributed by atoms with van der Waals surface area (Å²) in [7, 11) is 1.51. The van der Waals surface area contributed by atoms with Crippen LogP contribution in [0.2, 0.25) is 0 Å². The van der Waals surface area contributed by atoms with Gasteiger partial charge in [0.25, 0.3) is 11.1 Å². The molecular weight excluding hydrogens is 618 g/mol. The van der Waals surface area contributed by atoms with E-state index in [0.717, 1.165) is 29.7 Å². The van der Waals surface area contributed by atoms with Gasteiger partial charge in [-0.15, -0.1) is 5.10 Å². The fourth-order valence-electron chi connectivity index (χ4n) is 5.89. The van der Waals surface area contributed by atoms with Gasteiger partial charge in [-0.25, -0.2) is 0 Å². The standard InChI is InChI=1S/C35H35N5O6S/c1-35(2,23-7-12-27(13-8-23)46-34-39-36-20-47-34)22-5-10-26(11-6-22)45-28-16-25(17-28)37-24-9-4-21(19-41)29(18-24)33(44)40(3)30-14-15-31(42)38-32(30)43/h4-13,18-20,25,28,30,37H,14-17H2,1-3H3,(H,38,42,43)/t25-,28-,30?. The van der Waals surface area contributed by atoms with Crippen molar-refractivity contribution in [1.82, 2.24) is 20.4 Å². The Balaban J connectivity index is 1.02. The van der Waals surface area contributed by atoms with Gasteiger partial charge < -0.3 is 19.7 Å². The minimum absolute atomic E-state index is 0.0425. The molecule has 0 spiro atoms. The second kappa shape index (κ2) is 13.3. The Hall–Kier alpha value is -5.10. The molecule has 6 rings (SSSR count). The Labute approximate surface area is 276 Å². The van der Waals surface area contributed by atoms with E-state index in [1.807, 2.05) is 24.3 Å². The van der Waals surface area contributed by atoms with Crippen molar-refractivity contribution in [3.8, 4) is 16.7 Å². The first-order valence-electron chi connectivity index (χ1n) is 15.4. The molecule has 2 N–H and O–H groups in total. The van der Waals surface area contributed by atoms with Crippen molar-refractivity contribution in [2.24, 2.45) is 0 Å². The molecule has 1 atom stereocenters. The van der Waals surface area contributed by atoms with Crippen molar-refractivity contribution < 1.29 is 28.7 Å². The maximum atomic E-state index is 13.3. The van der Waals surface area contributed by atoms with E-state index in [1.54, 1.807) is 23.7 Å². The summed E-state index contributed by atoms with van der Waals surface area (Å²) in [5.41, 5.74) is 4.83. The van der Waals surface area contributed by atoms with Crippen molar-refractivity contribution in [3.05, 3.63) is 94.5 Å². The molecule has 1 saturated carbocycles. The van der Waals surface area contributed by atoms with E-state index < -0.39 is 17.9 Å². The Morgan fingerprint density at radius 2 is 1.70 bits per heavy atom. The van der Waals surface area contributed by atoms with Crippen molar-refractivity contribution in [3.63, 3.8) is 0 Å². The highest BCUT2D eigenvalue weighted by molar-refractivity contribution is 7.11. The van der Waals surface area contributed by atoms with Crippen molar-refractivity contribution in [2.75, 3.05) is 12.4 Å². The van der Waals surface area contributed by atoms with Gasteiger partial charge in [-0.05, 0) is 60.0 Å². The van der Waals surface area contributed by atoms with Crippen LogP contribution in [0.5, 0.6) is 16.7 Å². The molecular formula is C35H35N5O6S. The van der Waals surface area contributed by atoms with Crippen molar-refractivity contribution >= 4 is 41.0 Å². The molecule has 3 aromatic carbocycles. The molecule has 47 heavy (non-hydrogen) atoms. The number of hydrogen-bond acceptors (Lipinski definition) is 10. The maximum absolute atomic E-state index is 13.3. The third kappa shape index (κ3) is 7.02. The quantitative estimate of drug-likeness (QED) is 0.162. The third-order valence-electron chi connectivity index (χ3n) is 8.87. The molecule has 1 unspecified atom stereocenters. The second-order valence-corrected chi connectivity index (χ2v) is 13.1. The molecule has 0 bridgehead atoms. The molecule has 1 aromatic heterocycles. The first kappa shape index (κ1) is 31.9. The molecule has 12 heteroatoms. The van der Waals surface area contributed by atoms with E-state index in [9.17, 15) is 19.2 Å². The summed E-state index contributed by atoms with van der Waals surface area (Å²) in [4.78, 5) is 50.2. The Kier molecular flexibility index (Phi) is 9.04. The fourth-order valence-corrected chi connectivity index (χ4v) is 6.31. The molecule has 2 fully saturated rings. The summed E-state index contributed by atoms with van der Waals surface area (Å²) < 4.78 is 12.0. The zero-order chi connectivity index (χ0) is 33.1. The maximum Gasteiger partial charge on any atom is 0.299 e. The lowest BCUT2D eigenvalue weighted by Crippen LogP contribution is -2.53. The molecule has 11 nitrogen and oxygen atoms in total. The van der Waals surface area contributed by atoms with Crippen molar-refractivity contribution in [1.29, 1.82) is 0 Å². The second-order valence-electron chi connectivity index (χ2n) is 12.3. The summed E-state index contributed by atoms with van der Waals surface area (Å²) >= 11 is 1.34. The summed E-state index contributed by atoms with van der Waals surface area (Å²) in [6.07, 6.45) is 2.61. The van der Waals surface area contributed by atoms with Crippen LogP contribution in [-0.2, 0) is 15.0 Å². The minimum atomic E-state index is -0.777. The number of rotatable bonds is 11. The van der Waals surface area contributed by atoms with Crippen LogP contribution < -0.4 is 20.1 Å². The average molecular weight is 654 g/mol. The molecule has 242 valence electrons. The molecule has 4 aromatic rings. The first-order valence-corrected chi connectivity index (χ1v) is 16.3. The normalized spacial score (nSPS) is 19.3. The minimum Gasteiger partial charge on any atom is -0.490 e. The number of piperidine rings is 1. The smallest absolute Gasteiger partial charge is 0.299 e. The highest BCUT2D eigenvalue weighted by Crippen LogP contribution is 2.35. The highest BCUT2D eigenvalue weighted by Gasteiger charge is 2.34. The van der Waals surface area contributed by atoms with E-state index in [4.69, 9.17) is 9.47 Å². The van der Waals surface area contributed by atoms with Crippen LogP contribution in [-0.4, -0.2) is 64.3 Å². The van der Waals surface area contributed by atoms with Gasteiger partial charge in [0.05, 0.1) is 5.56 Å². The number of anilines is 1. The number of aldehydes is 1. The molecule has 3 amide bonds. The van der Waals surface area contributed by atoms with E-state index in [0.29, 0.717) is 22.9 Å². The Bertz CT molecular complexity index is 1770. The number of carbonyl (C=O) groups is 4. The number of carbonyl (C=O) groups excluding carboxylic acids is 4. The lowest BCUT2D eigenvalue weighted by atomic mass is 9.78.